The number of hydrogen-bond acceptors (Lipinski definition) is 6. The Bertz CT molecular complexity index is 664. The molecule has 3 heterocycles. The smallest absolute Gasteiger partial charge is 0.226 e. The van der Waals surface area contributed by atoms with Crippen LogP contribution < -0.4 is 5.32 Å². The molecule has 0 unspecified atom stereocenters. The van der Waals surface area contributed by atoms with Crippen LogP contribution >= 0.6 is 0 Å². The Morgan fingerprint density at radius 1 is 1.45 bits per heavy atom. The molecule has 3 rings (SSSR count). The molecule has 1 N–H and O–H groups in total. The second kappa shape index (κ2) is 5.88. The molecule has 1 aliphatic heterocycles. The third-order valence-electron chi connectivity index (χ3n) is 4.08. The van der Waals surface area contributed by atoms with E-state index in [1.165, 1.54) is 0 Å². The van der Waals surface area contributed by atoms with Gasteiger partial charge in [0.15, 0.2) is 5.82 Å². The number of amides is 1. The highest BCUT2D eigenvalue weighted by atomic mass is 16.5. The van der Waals surface area contributed by atoms with Gasteiger partial charge in [-0.05, 0) is 6.07 Å². The van der Waals surface area contributed by atoms with Gasteiger partial charge in [-0.15, -0.1) is 0 Å². The van der Waals surface area contributed by atoms with Gasteiger partial charge >= 0.3 is 0 Å². The highest BCUT2D eigenvalue weighted by Gasteiger charge is 2.39. The van der Waals surface area contributed by atoms with Crippen LogP contribution in [-0.4, -0.2) is 43.8 Å². The summed E-state index contributed by atoms with van der Waals surface area (Å²) < 4.78 is 6.90. The van der Waals surface area contributed by atoms with Gasteiger partial charge in [0.05, 0.1) is 18.3 Å². The van der Waals surface area contributed by atoms with Crippen molar-refractivity contribution in [2.75, 3.05) is 7.05 Å². The average Bonchev–Trinajstić information content (AvgIpc) is 3.19. The predicted molar refractivity (Wildman–Crippen MR) is 77.6 cm³/mol. The first-order valence-corrected chi connectivity index (χ1v) is 7.38. The zero-order chi connectivity index (χ0) is 15.7. The number of carbonyl (C=O) groups excluding carboxylic acids is 1. The molecular formula is C14H20N6O2. The van der Waals surface area contributed by atoms with Gasteiger partial charge in [-0.3, -0.25) is 9.48 Å². The molecule has 118 valence electrons. The molecule has 0 aliphatic carbocycles. The van der Waals surface area contributed by atoms with Crippen molar-refractivity contribution in [3.63, 3.8) is 0 Å². The summed E-state index contributed by atoms with van der Waals surface area (Å²) in [6.45, 7) is 2.44. The Kier molecular flexibility index (Phi) is 3.93. The number of hydrogen-bond donors (Lipinski definition) is 1. The van der Waals surface area contributed by atoms with Gasteiger partial charge in [-0.2, -0.15) is 10.1 Å². The summed E-state index contributed by atoms with van der Waals surface area (Å²) in [5, 5.41) is 11.5. The van der Waals surface area contributed by atoms with Gasteiger partial charge in [0.25, 0.3) is 0 Å². The van der Waals surface area contributed by atoms with E-state index in [1.54, 1.807) is 15.8 Å². The summed E-state index contributed by atoms with van der Waals surface area (Å²) in [4.78, 5) is 18.1. The van der Waals surface area contributed by atoms with Crippen LogP contribution in [0.2, 0.25) is 0 Å². The largest absolute Gasteiger partial charge is 0.339 e. The van der Waals surface area contributed by atoms with Crippen molar-refractivity contribution in [1.29, 1.82) is 0 Å². The maximum atomic E-state index is 12.1. The fourth-order valence-electron chi connectivity index (χ4n) is 2.86. The molecule has 0 saturated carbocycles. The summed E-state index contributed by atoms with van der Waals surface area (Å²) in [5.74, 6) is 1.35. The van der Waals surface area contributed by atoms with Crippen LogP contribution in [0.4, 0.5) is 0 Å². The summed E-state index contributed by atoms with van der Waals surface area (Å²) >= 11 is 0. The molecule has 2 aromatic rings. The van der Waals surface area contributed by atoms with Crippen LogP contribution in [0.25, 0.3) is 0 Å². The van der Waals surface area contributed by atoms with Crippen molar-refractivity contribution in [3.8, 4) is 0 Å². The third kappa shape index (κ3) is 2.61. The van der Waals surface area contributed by atoms with Crippen LogP contribution in [-0.2, 0) is 24.8 Å². The van der Waals surface area contributed by atoms with E-state index in [0.717, 1.165) is 12.1 Å². The molecule has 0 radical (unpaired) electrons. The number of nitrogens with one attached hydrogen (secondary N) is 1. The molecule has 0 spiro atoms. The third-order valence-corrected chi connectivity index (χ3v) is 4.08. The molecule has 0 aromatic carbocycles. The lowest BCUT2D eigenvalue weighted by Gasteiger charge is -2.25. The molecule has 0 bridgehead atoms. The van der Waals surface area contributed by atoms with Gasteiger partial charge in [-0.25, -0.2) is 0 Å². The van der Waals surface area contributed by atoms with Gasteiger partial charge in [-0.1, -0.05) is 12.1 Å². The minimum atomic E-state index is -0.0439. The van der Waals surface area contributed by atoms with Crippen LogP contribution in [0, 0.1) is 0 Å². The topological polar surface area (TPSA) is 89.1 Å². The van der Waals surface area contributed by atoms with Crippen molar-refractivity contribution in [2.45, 2.75) is 38.4 Å². The Morgan fingerprint density at radius 3 is 2.91 bits per heavy atom. The van der Waals surface area contributed by atoms with Crippen LogP contribution in [0.15, 0.2) is 16.8 Å². The second-order valence-electron chi connectivity index (χ2n) is 5.48. The highest BCUT2D eigenvalue weighted by Crippen LogP contribution is 2.31. The quantitative estimate of drug-likeness (QED) is 0.861. The Labute approximate surface area is 128 Å². The van der Waals surface area contributed by atoms with Crippen molar-refractivity contribution >= 4 is 5.91 Å². The van der Waals surface area contributed by atoms with E-state index in [9.17, 15) is 4.79 Å². The first-order valence-electron chi connectivity index (χ1n) is 7.38. The molecule has 8 nitrogen and oxygen atoms in total. The molecule has 1 amide bonds. The zero-order valence-electron chi connectivity index (χ0n) is 13.0. The number of nitrogens with zero attached hydrogens (tertiary/aromatic N) is 5. The normalized spacial score (nSPS) is 21.8. The van der Waals surface area contributed by atoms with Gasteiger partial charge < -0.3 is 14.7 Å². The lowest BCUT2D eigenvalue weighted by atomic mass is 10.1. The monoisotopic (exact) mass is 304 g/mol. The fourth-order valence-corrected chi connectivity index (χ4v) is 2.86. The first-order chi connectivity index (χ1) is 10.6. The van der Waals surface area contributed by atoms with E-state index in [1.807, 2.05) is 27.1 Å². The van der Waals surface area contributed by atoms with E-state index in [4.69, 9.17) is 4.52 Å². The predicted octanol–water partition coefficient (Wildman–Crippen LogP) is 0.427. The van der Waals surface area contributed by atoms with Crippen molar-refractivity contribution in [3.05, 3.63) is 29.7 Å². The number of likely N-dealkylation sites (tertiary alicyclic amines) is 1. The number of likely N-dealkylation sites (N-methyl/N-ethyl adjacent to an activating group) is 1. The molecule has 8 heteroatoms. The van der Waals surface area contributed by atoms with E-state index >= 15 is 0 Å². The average molecular weight is 304 g/mol. The molecular weight excluding hydrogens is 284 g/mol. The van der Waals surface area contributed by atoms with E-state index in [2.05, 4.69) is 20.6 Å². The summed E-state index contributed by atoms with van der Waals surface area (Å²) in [6.07, 6.45) is 2.91. The SMILES string of the molecule is CCc1nc(CN[C@@H]2CC(=O)N(C)[C@H]2c2ccnn2C)no1. The lowest BCUT2D eigenvalue weighted by molar-refractivity contribution is -0.127. The van der Waals surface area contributed by atoms with Crippen LogP contribution in [0.3, 0.4) is 0 Å². The summed E-state index contributed by atoms with van der Waals surface area (Å²) in [6, 6.07) is 1.90. The highest BCUT2D eigenvalue weighted by molar-refractivity contribution is 5.80. The Balaban J connectivity index is 1.73. The van der Waals surface area contributed by atoms with E-state index in [-0.39, 0.29) is 18.0 Å². The molecule has 1 aliphatic rings. The Morgan fingerprint density at radius 2 is 2.27 bits per heavy atom. The number of aromatic nitrogens is 4. The number of carbonyl (C=O) groups is 1. The van der Waals surface area contributed by atoms with Crippen molar-refractivity contribution in [1.82, 2.24) is 30.1 Å². The van der Waals surface area contributed by atoms with Gasteiger partial charge in [0.2, 0.25) is 11.8 Å². The molecule has 22 heavy (non-hydrogen) atoms. The standard InChI is InChI=1S/C14H20N6O2/c1-4-12-17-11(18-22-12)8-15-9-7-13(21)19(2)14(9)10-5-6-16-20(10)3/h5-6,9,14-15H,4,7-8H2,1-3H3/t9-,14-/m1/s1. The van der Waals surface area contributed by atoms with Crippen LogP contribution in [0.1, 0.15) is 36.8 Å². The van der Waals surface area contributed by atoms with E-state index in [0.29, 0.717) is 24.7 Å². The maximum Gasteiger partial charge on any atom is 0.226 e. The van der Waals surface area contributed by atoms with E-state index < -0.39 is 0 Å². The minimum Gasteiger partial charge on any atom is -0.339 e. The maximum absolute atomic E-state index is 12.1. The van der Waals surface area contributed by atoms with Crippen molar-refractivity contribution < 1.29 is 9.32 Å². The second-order valence-corrected chi connectivity index (χ2v) is 5.48. The van der Waals surface area contributed by atoms with Crippen LogP contribution in [0.5, 0.6) is 0 Å². The number of aryl methyl sites for hydroxylation is 2. The first kappa shape index (κ1) is 14.7. The van der Waals surface area contributed by atoms with Gasteiger partial charge in [0.1, 0.15) is 0 Å². The van der Waals surface area contributed by atoms with Gasteiger partial charge in [0, 0.05) is 39.2 Å². The fraction of sp³-hybridized carbons (Fsp3) is 0.571. The molecule has 2 aromatic heterocycles. The lowest BCUT2D eigenvalue weighted by Crippen LogP contribution is -2.36. The molecule has 1 saturated heterocycles. The number of rotatable bonds is 5. The van der Waals surface area contributed by atoms with Crippen molar-refractivity contribution in [2.24, 2.45) is 7.05 Å². The summed E-state index contributed by atoms with van der Waals surface area (Å²) in [7, 11) is 3.71. The summed E-state index contributed by atoms with van der Waals surface area (Å²) in [5.41, 5.74) is 1.01. The molecule has 1 fully saturated rings. The zero-order valence-corrected chi connectivity index (χ0v) is 13.0. The minimum absolute atomic E-state index is 0.00326. The molecule has 2 atom stereocenters. The Hall–Kier alpha value is -2.22.